The van der Waals surface area contributed by atoms with Crippen molar-refractivity contribution in [3.8, 4) is 5.75 Å². The van der Waals surface area contributed by atoms with Crippen molar-refractivity contribution in [1.82, 2.24) is 0 Å². The van der Waals surface area contributed by atoms with E-state index in [9.17, 15) is 0 Å². The lowest BCUT2D eigenvalue weighted by Gasteiger charge is -2.07. The summed E-state index contributed by atoms with van der Waals surface area (Å²) in [6.07, 6.45) is 0. The van der Waals surface area contributed by atoms with Gasteiger partial charge in [-0.2, -0.15) is 0 Å². The van der Waals surface area contributed by atoms with Gasteiger partial charge in [0, 0.05) is 12.6 Å². The molecule has 0 atom stereocenters. The number of aliphatic hydroxyl groups excluding tert-OH is 1. The zero-order valence-corrected chi connectivity index (χ0v) is 9.03. The Morgan fingerprint density at radius 1 is 1.53 bits per heavy atom. The summed E-state index contributed by atoms with van der Waals surface area (Å²) < 4.78 is 5.07. The molecule has 0 aliphatic heterocycles. The van der Waals surface area contributed by atoms with Crippen LogP contribution < -0.4 is 22.5 Å². The summed E-state index contributed by atoms with van der Waals surface area (Å²) in [6.45, 7) is 0.501. The molecule has 0 amide bonds. The maximum absolute atomic E-state index is 8.63. The molecule has 0 spiro atoms. The lowest BCUT2D eigenvalue weighted by molar-refractivity contribution is -0.00000444. The maximum atomic E-state index is 8.63. The van der Waals surface area contributed by atoms with Crippen LogP contribution in [-0.4, -0.2) is 25.4 Å². The van der Waals surface area contributed by atoms with Crippen molar-refractivity contribution in [3.05, 3.63) is 23.2 Å². The van der Waals surface area contributed by atoms with Crippen LogP contribution in [0.5, 0.6) is 5.75 Å². The zero-order chi connectivity index (χ0) is 10.4. The van der Waals surface area contributed by atoms with Crippen molar-refractivity contribution in [1.29, 1.82) is 5.39 Å². The largest absolute Gasteiger partial charge is 1.00 e. The van der Waals surface area contributed by atoms with Crippen LogP contribution in [0.3, 0.4) is 0 Å². The fourth-order valence-corrected chi connectivity index (χ4v) is 1.08. The third kappa shape index (κ3) is 3.62. The van der Waals surface area contributed by atoms with Gasteiger partial charge in [-0.05, 0) is 6.07 Å². The number of rotatable bonds is 4. The highest BCUT2D eigenvalue weighted by Crippen LogP contribution is 2.28. The molecule has 5 nitrogen and oxygen atoms in total. The summed E-state index contributed by atoms with van der Waals surface area (Å²) in [6, 6.07) is 4.96. The van der Waals surface area contributed by atoms with Gasteiger partial charge in [0.1, 0.15) is 5.75 Å². The lowest BCUT2D eigenvalue weighted by Crippen LogP contribution is -3.00. The molecule has 2 N–H and O–H groups in total. The minimum atomic E-state index is 0. The van der Waals surface area contributed by atoms with Crippen LogP contribution in [0.25, 0.3) is 4.98 Å². The Morgan fingerprint density at radius 3 is 2.80 bits per heavy atom. The summed E-state index contributed by atoms with van der Waals surface area (Å²) in [7, 11) is 1.53. The number of ether oxygens (including phenoxy) is 1. The number of aliphatic hydroxyl groups is 1. The highest BCUT2D eigenvalue weighted by Gasteiger charge is 2.10. The lowest BCUT2D eigenvalue weighted by atomic mass is 10.2. The Morgan fingerprint density at radius 2 is 2.27 bits per heavy atom. The van der Waals surface area contributed by atoms with E-state index in [1.165, 1.54) is 7.11 Å². The maximum Gasteiger partial charge on any atom is 0.388 e. The van der Waals surface area contributed by atoms with E-state index in [1.54, 1.807) is 18.2 Å². The normalized spacial score (nSPS) is 8.60. The van der Waals surface area contributed by atoms with Gasteiger partial charge in [-0.1, -0.05) is 0 Å². The molecule has 0 aliphatic rings. The number of diazo groups is 1. The second-order valence-corrected chi connectivity index (χ2v) is 2.63. The highest BCUT2D eigenvalue weighted by molar-refractivity contribution is 5.63. The number of hydrogen-bond acceptors (Lipinski definition) is 4. The molecule has 15 heavy (non-hydrogen) atoms. The Labute approximate surface area is 94.1 Å². The number of nitrogens with one attached hydrogen (secondary N) is 1. The van der Waals surface area contributed by atoms with E-state index in [0.29, 0.717) is 18.0 Å². The number of methoxy groups -OCH3 is 1. The summed E-state index contributed by atoms with van der Waals surface area (Å²) in [5.41, 5.74) is 1.19. The van der Waals surface area contributed by atoms with Crippen molar-refractivity contribution in [2.24, 2.45) is 0 Å². The standard InChI is InChI=1S/C9H12N3O2.ClH/c1-14-9-6-7(12-10)2-3-8(9)11-4-5-13;/h2-3,6,11,13H,4-5H2,1H3;1H/q+1;/p-1. The van der Waals surface area contributed by atoms with E-state index in [-0.39, 0.29) is 19.0 Å². The average molecular weight is 230 g/mol. The molecule has 1 aromatic carbocycles. The molecule has 1 rings (SSSR count). The van der Waals surface area contributed by atoms with Crippen molar-refractivity contribution in [3.63, 3.8) is 0 Å². The molecule has 6 heteroatoms. The van der Waals surface area contributed by atoms with E-state index in [2.05, 4.69) is 10.3 Å². The molecule has 0 bridgehead atoms. The first-order valence-electron chi connectivity index (χ1n) is 4.19. The van der Waals surface area contributed by atoms with Crippen LogP contribution in [0.2, 0.25) is 0 Å². The Bertz CT molecular complexity index is 352. The molecule has 0 unspecified atom stereocenters. The van der Waals surface area contributed by atoms with Gasteiger partial charge in [-0.15, -0.1) is 0 Å². The summed E-state index contributed by atoms with van der Waals surface area (Å²) in [4.78, 5) is 3.04. The summed E-state index contributed by atoms with van der Waals surface area (Å²) >= 11 is 0. The van der Waals surface area contributed by atoms with Crippen molar-refractivity contribution in [2.45, 2.75) is 0 Å². The van der Waals surface area contributed by atoms with E-state index >= 15 is 0 Å². The number of nitrogens with zero attached hydrogens (tertiary/aromatic N) is 2. The third-order valence-electron chi connectivity index (χ3n) is 1.73. The molecular weight excluding hydrogens is 218 g/mol. The van der Waals surface area contributed by atoms with Crippen molar-refractivity contribution >= 4 is 11.4 Å². The Hall–Kier alpha value is -1.51. The second kappa shape index (κ2) is 6.87. The van der Waals surface area contributed by atoms with E-state index < -0.39 is 0 Å². The van der Waals surface area contributed by atoms with Crippen LogP contribution in [0.15, 0.2) is 18.2 Å². The first kappa shape index (κ1) is 13.5. The fraction of sp³-hybridized carbons (Fsp3) is 0.333. The van der Waals surface area contributed by atoms with Gasteiger partial charge in [0.15, 0.2) is 4.98 Å². The quantitative estimate of drug-likeness (QED) is 0.623. The second-order valence-electron chi connectivity index (χ2n) is 2.63. The predicted octanol–water partition coefficient (Wildman–Crippen LogP) is -1.41. The molecule has 0 saturated carbocycles. The highest BCUT2D eigenvalue weighted by atomic mass is 35.5. The number of benzene rings is 1. The monoisotopic (exact) mass is 229 g/mol. The molecule has 0 heterocycles. The average Bonchev–Trinajstić information content (AvgIpc) is 2.26. The molecule has 0 aromatic heterocycles. The van der Waals surface area contributed by atoms with E-state index in [1.807, 2.05) is 0 Å². The smallest absolute Gasteiger partial charge is 0.388 e. The first-order chi connectivity index (χ1) is 6.81. The van der Waals surface area contributed by atoms with Crippen molar-refractivity contribution in [2.75, 3.05) is 25.6 Å². The fourth-order valence-electron chi connectivity index (χ4n) is 1.08. The van der Waals surface area contributed by atoms with Gasteiger partial charge in [0.2, 0.25) is 5.39 Å². The topological polar surface area (TPSA) is 69.6 Å². The van der Waals surface area contributed by atoms with Crippen molar-refractivity contribution < 1.29 is 22.3 Å². The predicted molar refractivity (Wildman–Crippen MR) is 53.3 cm³/mol. The van der Waals surface area contributed by atoms with E-state index in [4.69, 9.17) is 15.2 Å². The third-order valence-corrected chi connectivity index (χ3v) is 1.73. The van der Waals surface area contributed by atoms with Crippen LogP contribution in [0.1, 0.15) is 0 Å². The summed E-state index contributed by atoms with van der Waals surface area (Å²) in [5, 5.41) is 20.1. The van der Waals surface area contributed by atoms with Gasteiger partial charge < -0.3 is 27.6 Å². The minimum absolute atomic E-state index is 0. The molecule has 82 valence electrons. The Kier molecular flexibility index (Phi) is 6.18. The molecule has 0 fully saturated rings. The molecule has 1 aromatic rings. The molecule has 0 aliphatic carbocycles. The van der Waals surface area contributed by atoms with E-state index in [0.717, 1.165) is 5.69 Å². The van der Waals surface area contributed by atoms with Crippen LogP contribution in [0, 0.1) is 5.39 Å². The van der Waals surface area contributed by atoms with Crippen LogP contribution >= 0.6 is 0 Å². The number of hydrogen-bond donors (Lipinski definition) is 2. The van der Waals surface area contributed by atoms with Gasteiger partial charge in [-0.3, -0.25) is 0 Å². The molecule has 0 saturated heterocycles. The number of anilines is 1. The Balaban J connectivity index is 0.00000196. The number of halogens is 1. The van der Waals surface area contributed by atoms with Gasteiger partial charge >= 0.3 is 5.69 Å². The summed E-state index contributed by atoms with van der Waals surface area (Å²) in [5.74, 6) is 0.578. The van der Waals surface area contributed by atoms with Gasteiger partial charge in [-0.25, -0.2) is 0 Å². The molecule has 0 radical (unpaired) electrons. The SMILES string of the molecule is COc1cc([N+]#N)ccc1NCCO.[Cl-]. The van der Waals surface area contributed by atoms with Gasteiger partial charge in [0.25, 0.3) is 0 Å². The van der Waals surface area contributed by atoms with Crippen LogP contribution in [0.4, 0.5) is 11.4 Å². The van der Waals surface area contributed by atoms with Crippen LogP contribution in [-0.2, 0) is 0 Å². The first-order valence-corrected chi connectivity index (χ1v) is 4.19. The zero-order valence-electron chi connectivity index (χ0n) is 8.27. The van der Waals surface area contributed by atoms with Gasteiger partial charge in [0.05, 0.1) is 25.5 Å². The molecular formula is C9H12ClN3O2. The minimum Gasteiger partial charge on any atom is -1.00 e.